The number of thiazole rings is 1. The molecule has 0 saturated carbocycles. The minimum atomic E-state index is -0.287. The normalized spacial score (nSPS) is 10.7. The van der Waals surface area contributed by atoms with Crippen LogP contribution in [0.15, 0.2) is 71.1 Å². The number of nitrogens with one attached hydrogen (secondary N) is 2. The summed E-state index contributed by atoms with van der Waals surface area (Å²) in [5.74, 6) is -0.352. The molecule has 0 atom stereocenters. The van der Waals surface area contributed by atoms with Crippen molar-refractivity contribution in [3.05, 3.63) is 82.9 Å². The van der Waals surface area contributed by atoms with E-state index < -0.39 is 0 Å². The second-order valence-corrected chi connectivity index (χ2v) is 9.73. The second-order valence-electron chi connectivity index (χ2n) is 7.07. The van der Waals surface area contributed by atoms with Crippen LogP contribution in [0.1, 0.15) is 27.6 Å². The zero-order chi connectivity index (χ0) is 23.4. The summed E-state index contributed by atoms with van der Waals surface area (Å²) in [5, 5.41) is 6.04. The largest absolute Gasteiger partial charge is 0.325 e. The molecule has 3 aromatic carbocycles. The third-order valence-corrected chi connectivity index (χ3v) is 7.12. The summed E-state index contributed by atoms with van der Waals surface area (Å²) in [4.78, 5) is 40.8. The number of benzene rings is 3. The molecule has 0 bridgehead atoms. The molecule has 0 aliphatic heterocycles. The average molecular weight is 496 g/mol. The molecule has 0 unspecified atom stereocenters. The lowest BCUT2D eigenvalue weighted by Gasteiger charge is -2.06. The highest BCUT2D eigenvalue weighted by molar-refractivity contribution is 8.01. The highest BCUT2D eigenvalue weighted by Crippen LogP contribution is 2.31. The van der Waals surface area contributed by atoms with E-state index in [9.17, 15) is 14.4 Å². The number of thioether (sulfide) groups is 1. The van der Waals surface area contributed by atoms with Crippen LogP contribution in [-0.2, 0) is 4.79 Å². The molecule has 0 spiro atoms. The Morgan fingerprint density at radius 3 is 2.55 bits per heavy atom. The van der Waals surface area contributed by atoms with Gasteiger partial charge in [0.15, 0.2) is 10.1 Å². The van der Waals surface area contributed by atoms with Crippen molar-refractivity contribution in [2.45, 2.75) is 11.3 Å². The van der Waals surface area contributed by atoms with Gasteiger partial charge in [-0.05, 0) is 49.4 Å². The molecule has 2 amide bonds. The van der Waals surface area contributed by atoms with E-state index in [1.54, 1.807) is 54.6 Å². The maximum Gasteiger partial charge on any atom is 0.257 e. The third kappa shape index (κ3) is 5.78. The molecular formula is C24H18ClN3O3S2. The summed E-state index contributed by atoms with van der Waals surface area (Å²) in [6, 6.07) is 19.1. The topological polar surface area (TPSA) is 88.2 Å². The van der Waals surface area contributed by atoms with Crippen molar-refractivity contribution >= 4 is 73.9 Å². The van der Waals surface area contributed by atoms with E-state index >= 15 is 0 Å². The van der Waals surface area contributed by atoms with Crippen molar-refractivity contribution in [1.29, 1.82) is 0 Å². The number of rotatable bonds is 7. The second kappa shape index (κ2) is 10.2. The van der Waals surface area contributed by atoms with Crippen LogP contribution in [0.3, 0.4) is 0 Å². The number of carbonyl (C=O) groups excluding carboxylic acids is 3. The van der Waals surface area contributed by atoms with Crippen molar-refractivity contribution in [2.75, 3.05) is 16.4 Å². The Morgan fingerprint density at radius 1 is 0.970 bits per heavy atom. The van der Waals surface area contributed by atoms with E-state index in [4.69, 9.17) is 11.6 Å². The molecule has 0 saturated heterocycles. The summed E-state index contributed by atoms with van der Waals surface area (Å²) >= 11 is 8.87. The van der Waals surface area contributed by atoms with Gasteiger partial charge in [-0.1, -0.05) is 47.6 Å². The lowest BCUT2D eigenvalue weighted by Crippen LogP contribution is -2.14. The standard InChI is InChI=1S/C24H18ClN3O3S2/c1-14(29)15-5-4-6-16(11-15)26-22(30)13-32-24-28-20-10-9-17(12-21(20)33-24)27-23(31)18-7-2-3-8-19(18)25/h2-12H,13H2,1H3,(H,26,30)(H,27,31). The highest BCUT2D eigenvalue weighted by Gasteiger charge is 2.12. The minimum absolute atomic E-state index is 0.0580. The molecule has 166 valence electrons. The van der Waals surface area contributed by atoms with Gasteiger partial charge >= 0.3 is 0 Å². The Kier molecular flexibility index (Phi) is 7.08. The number of halogens is 1. The van der Waals surface area contributed by atoms with Crippen LogP contribution in [0.2, 0.25) is 5.02 Å². The van der Waals surface area contributed by atoms with Crippen molar-refractivity contribution < 1.29 is 14.4 Å². The van der Waals surface area contributed by atoms with E-state index in [0.717, 1.165) is 14.6 Å². The van der Waals surface area contributed by atoms with Crippen molar-refractivity contribution in [1.82, 2.24) is 4.98 Å². The zero-order valence-corrected chi connectivity index (χ0v) is 19.8. The Labute approximate surface area is 203 Å². The van der Waals surface area contributed by atoms with Crippen LogP contribution in [0.25, 0.3) is 10.2 Å². The molecule has 4 aromatic rings. The van der Waals surface area contributed by atoms with Crippen molar-refractivity contribution in [2.24, 2.45) is 0 Å². The summed E-state index contributed by atoms with van der Waals surface area (Å²) < 4.78 is 1.64. The van der Waals surface area contributed by atoms with E-state index in [0.29, 0.717) is 27.5 Å². The zero-order valence-electron chi connectivity index (χ0n) is 17.4. The van der Waals surface area contributed by atoms with Crippen LogP contribution >= 0.6 is 34.7 Å². The number of Topliss-reactive ketones (excluding diaryl/α,β-unsaturated/α-hetero) is 1. The Balaban J connectivity index is 1.39. The highest BCUT2D eigenvalue weighted by atomic mass is 35.5. The molecule has 0 fully saturated rings. The molecule has 4 rings (SSSR count). The summed E-state index contributed by atoms with van der Waals surface area (Å²) in [6.07, 6.45) is 0. The number of anilines is 2. The molecule has 0 radical (unpaired) electrons. The number of fused-ring (bicyclic) bond motifs is 1. The molecule has 6 nitrogen and oxygen atoms in total. The van der Waals surface area contributed by atoms with Gasteiger partial charge in [0.1, 0.15) is 0 Å². The first kappa shape index (κ1) is 23.0. The number of carbonyl (C=O) groups is 3. The van der Waals surface area contributed by atoms with Gasteiger partial charge in [0.25, 0.3) is 5.91 Å². The summed E-state index contributed by atoms with van der Waals surface area (Å²) in [6.45, 7) is 1.48. The van der Waals surface area contributed by atoms with Gasteiger partial charge in [-0.25, -0.2) is 4.98 Å². The Morgan fingerprint density at radius 2 is 1.76 bits per heavy atom. The lowest BCUT2D eigenvalue weighted by molar-refractivity contribution is -0.113. The van der Waals surface area contributed by atoms with Gasteiger partial charge in [0.2, 0.25) is 5.91 Å². The molecule has 1 aromatic heterocycles. The number of amides is 2. The number of hydrogen-bond donors (Lipinski definition) is 2. The fourth-order valence-corrected chi connectivity index (χ4v) is 5.16. The molecule has 0 aliphatic carbocycles. The number of ketones is 1. The molecule has 0 aliphatic rings. The van der Waals surface area contributed by atoms with Crippen LogP contribution in [0.4, 0.5) is 11.4 Å². The molecule has 9 heteroatoms. The quantitative estimate of drug-likeness (QED) is 0.237. The average Bonchev–Trinajstić information content (AvgIpc) is 3.20. The van der Waals surface area contributed by atoms with Gasteiger partial charge < -0.3 is 10.6 Å². The number of aromatic nitrogens is 1. The van der Waals surface area contributed by atoms with Crippen molar-refractivity contribution in [3.8, 4) is 0 Å². The Bertz CT molecular complexity index is 1370. The van der Waals surface area contributed by atoms with Gasteiger partial charge in [-0.3, -0.25) is 14.4 Å². The maximum atomic E-state index is 12.5. The van der Waals surface area contributed by atoms with Gasteiger partial charge in [0, 0.05) is 16.9 Å². The van der Waals surface area contributed by atoms with Crippen LogP contribution < -0.4 is 10.6 Å². The predicted molar refractivity (Wildman–Crippen MR) is 135 cm³/mol. The van der Waals surface area contributed by atoms with E-state index in [1.807, 2.05) is 12.1 Å². The predicted octanol–water partition coefficient (Wildman–Crippen LogP) is 6.14. The maximum absolute atomic E-state index is 12.5. The fourth-order valence-electron chi connectivity index (χ4n) is 3.03. The first-order valence-electron chi connectivity index (χ1n) is 9.89. The first-order valence-corrected chi connectivity index (χ1v) is 12.1. The molecule has 2 N–H and O–H groups in total. The monoisotopic (exact) mass is 495 g/mol. The molecule has 1 heterocycles. The smallest absolute Gasteiger partial charge is 0.257 e. The van der Waals surface area contributed by atoms with Crippen LogP contribution in [-0.4, -0.2) is 28.3 Å². The van der Waals surface area contributed by atoms with E-state index in [2.05, 4.69) is 15.6 Å². The van der Waals surface area contributed by atoms with Crippen LogP contribution in [0, 0.1) is 0 Å². The lowest BCUT2D eigenvalue weighted by atomic mass is 10.1. The van der Waals surface area contributed by atoms with Crippen LogP contribution in [0.5, 0.6) is 0 Å². The summed E-state index contributed by atoms with van der Waals surface area (Å²) in [5.41, 5.74) is 2.95. The van der Waals surface area contributed by atoms with E-state index in [-0.39, 0.29) is 23.4 Å². The minimum Gasteiger partial charge on any atom is -0.325 e. The summed E-state index contributed by atoms with van der Waals surface area (Å²) in [7, 11) is 0. The molecule has 33 heavy (non-hydrogen) atoms. The Hall–Kier alpha value is -3.20. The number of hydrogen-bond acceptors (Lipinski definition) is 6. The SMILES string of the molecule is CC(=O)c1cccc(NC(=O)CSc2nc3ccc(NC(=O)c4ccccc4Cl)cc3s2)c1. The third-order valence-electron chi connectivity index (χ3n) is 4.62. The van der Waals surface area contributed by atoms with Gasteiger partial charge in [-0.2, -0.15) is 0 Å². The fraction of sp³-hybridized carbons (Fsp3) is 0.0833. The molecular weight excluding hydrogens is 478 g/mol. The van der Waals surface area contributed by atoms with Gasteiger partial charge in [0.05, 0.1) is 26.6 Å². The van der Waals surface area contributed by atoms with E-state index in [1.165, 1.54) is 30.0 Å². The first-order chi connectivity index (χ1) is 15.9. The number of nitrogens with zero attached hydrogens (tertiary/aromatic N) is 1. The van der Waals surface area contributed by atoms with Gasteiger partial charge in [-0.15, -0.1) is 11.3 Å². The van der Waals surface area contributed by atoms with Crippen molar-refractivity contribution in [3.63, 3.8) is 0 Å².